The van der Waals surface area contributed by atoms with Crippen molar-refractivity contribution >= 4 is 34.9 Å². The van der Waals surface area contributed by atoms with Crippen LogP contribution in [0.3, 0.4) is 0 Å². The quantitative estimate of drug-likeness (QED) is 0.392. The highest BCUT2D eigenvalue weighted by Gasteiger charge is 2.37. The maximum absolute atomic E-state index is 14.0. The molecule has 2 N–H and O–H groups in total. The highest BCUT2D eigenvalue weighted by atomic mass is 35.5. The van der Waals surface area contributed by atoms with Gasteiger partial charge in [0, 0.05) is 42.4 Å². The summed E-state index contributed by atoms with van der Waals surface area (Å²) >= 11 is 12.4. The Morgan fingerprint density at radius 1 is 1.22 bits per heavy atom. The second kappa shape index (κ2) is 10.3. The number of hydrogen-bond donors (Lipinski definition) is 1. The summed E-state index contributed by atoms with van der Waals surface area (Å²) < 4.78 is 20.0. The molecule has 0 aliphatic carbocycles. The van der Waals surface area contributed by atoms with E-state index in [1.165, 1.54) is 12.1 Å². The van der Waals surface area contributed by atoms with E-state index < -0.39 is 17.3 Å². The van der Waals surface area contributed by atoms with Crippen molar-refractivity contribution in [2.24, 2.45) is 0 Å². The number of nitrogen functional groups attached to an aromatic ring is 1. The lowest BCUT2D eigenvalue weighted by Crippen LogP contribution is -2.43. The van der Waals surface area contributed by atoms with Crippen molar-refractivity contribution in [1.82, 2.24) is 9.88 Å². The van der Waals surface area contributed by atoms with E-state index in [4.69, 9.17) is 33.7 Å². The topological polar surface area (TPSA) is 92.2 Å². The lowest BCUT2D eigenvalue weighted by atomic mass is 9.73. The first-order valence-corrected chi connectivity index (χ1v) is 12.2. The zero-order valence-electron chi connectivity index (χ0n) is 19.9. The van der Waals surface area contributed by atoms with E-state index in [9.17, 15) is 14.4 Å². The number of pyridine rings is 1. The van der Waals surface area contributed by atoms with Gasteiger partial charge in [0.15, 0.2) is 11.6 Å². The Bertz CT molecular complexity index is 1350. The molecule has 1 amide bonds. The minimum atomic E-state index is -0.695. The molecular weight excluding hydrogens is 502 g/mol. The van der Waals surface area contributed by atoms with Crippen molar-refractivity contribution < 1.29 is 13.9 Å². The van der Waals surface area contributed by atoms with Gasteiger partial charge < -0.3 is 15.4 Å². The maximum atomic E-state index is 14.0. The van der Waals surface area contributed by atoms with Crippen LogP contribution in [0.5, 0.6) is 5.75 Å². The van der Waals surface area contributed by atoms with Gasteiger partial charge in [-0.05, 0) is 55.2 Å². The van der Waals surface area contributed by atoms with E-state index in [1.54, 1.807) is 31.0 Å². The molecule has 1 aliphatic rings. The number of amides is 1. The number of likely N-dealkylation sites (tertiary alicyclic amines) is 1. The number of aromatic nitrogens is 1. The molecule has 0 bridgehead atoms. The van der Waals surface area contributed by atoms with Crippen molar-refractivity contribution in [1.29, 1.82) is 5.26 Å². The number of ether oxygens (including phenoxy) is 1. The molecule has 1 aromatic heterocycles. The number of carbonyl (C=O) groups excluding carboxylic acids is 1. The van der Waals surface area contributed by atoms with E-state index in [0.29, 0.717) is 37.2 Å². The van der Waals surface area contributed by atoms with Crippen LogP contribution >= 0.6 is 23.2 Å². The average Bonchev–Trinajstić information content (AvgIpc) is 2.88. The highest BCUT2D eigenvalue weighted by molar-refractivity contribution is 6.36. The minimum absolute atomic E-state index is 0.0193. The number of rotatable bonds is 5. The van der Waals surface area contributed by atoms with E-state index >= 15 is 0 Å². The van der Waals surface area contributed by atoms with Crippen LogP contribution in [-0.2, 0) is 10.2 Å². The van der Waals surface area contributed by atoms with Crippen LogP contribution < -0.4 is 10.5 Å². The summed E-state index contributed by atoms with van der Waals surface area (Å²) in [5.41, 5.74) is 8.17. The van der Waals surface area contributed by atoms with Crippen LogP contribution in [0, 0.1) is 17.1 Å². The van der Waals surface area contributed by atoms with E-state index in [1.807, 2.05) is 24.3 Å². The van der Waals surface area contributed by atoms with E-state index in [2.05, 4.69) is 11.1 Å². The molecule has 0 radical (unpaired) electrons. The van der Waals surface area contributed by atoms with Crippen LogP contribution in [0.4, 0.5) is 10.2 Å². The zero-order valence-corrected chi connectivity index (χ0v) is 21.4. The van der Waals surface area contributed by atoms with Crippen LogP contribution in [0.2, 0.25) is 10.0 Å². The second-order valence-electron chi connectivity index (χ2n) is 8.91. The molecule has 36 heavy (non-hydrogen) atoms. The molecule has 4 rings (SSSR count). The molecule has 3 aromatic rings. The summed E-state index contributed by atoms with van der Waals surface area (Å²) in [6.07, 6.45) is 2.06. The van der Waals surface area contributed by atoms with Crippen molar-refractivity contribution in [3.63, 3.8) is 0 Å². The molecule has 1 aliphatic heterocycles. The molecule has 186 valence electrons. The number of halogens is 3. The third kappa shape index (κ3) is 4.97. The minimum Gasteiger partial charge on any atom is -0.482 e. The molecular formula is C27H25Cl2FN4O2. The molecule has 9 heteroatoms. The number of nitrogens with two attached hydrogens (primary N) is 1. The van der Waals surface area contributed by atoms with Gasteiger partial charge >= 0.3 is 0 Å². The first-order chi connectivity index (χ1) is 17.1. The normalized spacial score (nSPS) is 15.7. The molecule has 1 atom stereocenters. The predicted octanol–water partition coefficient (Wildman–Crippen LogP) is 6.32. The molecule has 1 fully saturated rings. The fraction of sp³-hybridized carbons (Fsp3) is 0.296. The van der Waals surface area contributed by atoms with Crippen molar-refractivity contribution in [3.05, 3.63) is 75.7 Å². The van der Waals surface area contributed by atoms with Crippen LogP contribution in [0.15, 0.2) is 48.7 Å². The first kappa shape index (κ1) is 25.7. The fourth-order valence-electron chi connectivity index (χ4n) is 4.54. The Hall–Kier alpha value is -3.34. The molecule has 1 unspecified atom stereocenters. The van der Waals surface area contributed by atoms with E-state index in [0.717, 1.165) is 16.7 Å². The first-order valence-electron chi connectivity index (χ1n) is 11.5. The van der Waals surface area contributed by atoms with Crippen LogP contribution in [0.25, 0.3) is 11.1 Å². The fourth-order valence-corrected chi connectivity index (χ4v) is 5.21. The van der Waals surface area contributed by atoms with Gasteiger partial charge in [0.25, 0.3) is 0 Å². The Morgan fingerprint density at radius 2 is 1.94 bits per heavy atom. The number of nitrogens with zero attached hydrogens (tertiary/aromatic N) is 3. The summed E-state index contributed by atoms with van der Waals surface area (Å²) in [5, 5.41) is 10.3. The van der Waals surface area contributed by atoms with Gasteiger partial charge in [-0.1, -0.05) is 41.4 Å². The van der Waals surface area contributed by atoms with Crippen molar-refractivity contribution in [3.8, 4) is 22.9 Å². The lowest BCUT2D eigenvalue weighted by Gasteiger charge is -2.37. The number of benzene rings is 2. The number of nitriles is 1. The molecule has 0 spiro atoms. The van der Waals surface area contributed by atoms with Gasteiger partial charge in [0.05, 0.1) is 16.5 Å². The predicted molar refractivity (Wildman–Crippen MR) is 138 cm³/mol. The smallest absolute Gasteiger partial charge is 0.219 e. The number of anilines is 1. The van der Waals surface area contributed by atoms with Gasteiger partial charge in [-0.3, -0.25) is 4.79 Å². The third-order valence-electron chi connectivity index (χ3n) is 6.70. The zero-order chi connectivity index (χ0) is 26.0. The van der Waals surface area contributed by atoms with Crippen LogP contribution in [0.1, 0.15) is 43.9 Å². The largest absolute Gasteiger partial charge is 0.482 e. The SMILES string of the molecule is CC(=O)N1CCC(C#N)(c2cccc(-c3cnc(N)c(OC(C)c4c(Cl)ccc(F)c4Cl)c3)c2)CC1. The van der Waals surface area contributed by atoms with Gasteiger partial charge in [-0.15, -0.1) is 0 Å². The van der Waals surface area contributed by atoms with Gasteiger partial charge in [0.2, 0.25) is 5.91 Å². The average molecular weight is 527 g/mol. The lowest BCUT2D eigenvalue weighted by molar-refractivity contribution is -0.130. The summed E-state index contributed by atoms with van der Waals surface area (Å²) in [4.78, 5) is 17.8. The number of hydrogen-bond acceptors (Lipinski definition) is 5. The highest BCUT2D eigenvalue weighted by Crippen LogP contribution is 2.39. The van der Waals surface area contributed by atoms with Gasteiger partial charge in [-0.2, -0.15) is 5.26 Å². The molecule has 1 saturated heterocycles. The Kier molecular flexibility index (Phi) is 7.39. The Morgan fingerprint density at radius 3 is 2.61 bits per heavy atom. The van der Waals surface area contributed by atoms with Crippen molar-refractivity contribution in [2.45, 2.75) is 38.2 Å². The molecule has 0 saturated carbocycles. The second-order valence-corrected chi connectivity index (χ2v) is 9.69. The number of carbonyl (C=O) groups is 1. The van der Waals surface area contributed by atoms with Crippen LogP contribution in [-0.4, -0.2) is 28.9 Å². The Balaban J connectivity index is 1.63. The molecule has 6 nitrogen and oxygen atoms in total. The monoisotopic (exact) mass is 526 g/mol. The maximum Gasteiger partial charge on any atom is 0.219 e. The summed E-state index contributed by atoms with van der Waals surface area (Å²) in [6.45, 7) is 4.32. The van der Waals surface area contributed by atoms with Gasteiger partial charge in [-0.25, -0.2) is 9.37 Å². The Labute approximate surface area is 219 Å². The van der Waals surface area contributed by atoms with E-state index in [-0.39, 0.29) is 21.8 Å². The summed E-state index contributed by atoms with van der Waals surface area (Å²) in [5.74, 6) is -0.114. The standard InChI is InChI=1S/C27H25Cl2FN4O2/c1-16(24-21(28)6-7-22(30)25(24)29)36-23-13-19(14-33-26(23)32)18-4-3-5-20(12-18)27(15-31)8-10-34(11-9-27)17(2)35/h3-7,12-14,16H,8-11H2,1-2H3,(H2,32,33). The number of piperidine rings is 1. The third-order valence-corrected chi connectivity index (χ3v) is 7.41. The molecule has 2 aromatic carbocycles. The summed E-state index contributed by atoms with van der Waals surface area (Å²) in [7, 11) is 0. The summed E-state index contributed by atoms with van der Waals surface area (Å²) in [6, 6.07) is 14.6. The molecule has 2 heterocycles. The van der Waals surface area contributed by atoms with Crippen molar-refractivity contribution in [2.75, 3.05) is 18.8 Å². The van der Waals surface area contributed by atoms with Gasteiger partial charge in [0.1, 0.15) is 11.9 Å².